The fourth-order valence-corrected chi connectivity index (χ4v) is 2.52. The second kappa shape index (κ2) is 8.73. The van der Waals surface area contributed by atoms with Crippen molar-refractivity contribution < 1.29 is 19.0 Å². The van der Waals surface area contributed by atoms with Gasteiger partial charge in [-0.3, -0.25) is 0 Å². The quantitative estimate of drug-likeness (QED) is 0.587. The first kappa shape index (κ1) is 17.5. The maximum absolute atomic E-state index is 12.0. The van der Waals surface area contributed by atoms with Gasteiger partial charge in [0, 0.05) is 18.4 Å². The van der Waals surface area contributed by atoms with Crippen LogP contribution in [0.1, 0.15) is 45.6 Å². The van der Waals surface area contributed by atoms with Gasteiger partial charge in [-0.2, -0.15) is 0 Å². The highest BCUT2D eigenvalue weighted by Gasteiger charge is 2.16. The maximum atomic E-state index is 12.0. The van der Waals surface area contributed by atoms with Crippen molar-refractivity contribution in [3.63, 3.8) is 0 Å². The van der Waals surface area contributed by atoms with Crippen LogP contribution in [0, 0.1) is 0 Å². The molecular formula is C19H26O4. The summed E-state index contributed by atoms with van der Waals surface area (Å²) in [4.78, 5) is 12.0. The topological polar surface area (TPSA) is 44.8 Å². The average Bonchev–Trinajstić information content (AvgIpc) is 2.55. The number of rotatable bonds is 6. The summed E-state index contributed by atoms with van der Waals surface area (Å²) < 4.78 is 16.5. The maximum Gasteiger partial charge on any atom is 0.334 e. The molecule has 1 heterocycles. The van der Waals surface area contributed by atoms with Gasteiger partial charge in [0.1, 0.15) is 5.75 Å². The van der Waals surface area contributed by atoms with Crippen molar-refractivity contribution in [3.05, 3.63) is 41.0 Å². The summed E-state index contributed by atoms with van der Waals surface area (Å²) in [7, 11) is 0. The number of esters is 1. The minimum Gasteiger partial charge on any atom is -0.465 e. The van der Waals surface area contributed by atoms with Gasteiger partial charge in [0.05, 0.1) is 13.2 Å². The summed E-state index contributed by atoms with van der Waals surface area (Å²) >= 11 is 0. The number of ether oxygens (including phenoxy) is 3. The lowest BCUT2D eigenvalue weighted by atomic mass is 10.0. The lowest BCUT2D eigenvalue weighted by Crippen LogP contribution is -2.24. The Morgan fingerprint density at radius 2 is 1.96 bits per heavy atom. The van der Waals surface area contributed by atoms with Crippen LogP contribution in [0.2, 0.25) is 0 Å². The van der Waals surface area contributed by atoms with E-state index in [0.717, 1.165) is 48.3 Å². The Labute approximate surface area is 138 Å². The fourth-order valence-electron chi connectivity index (χ4n) is 2.52. The normalized spacial score (nSPS) is 17.4. The SMILES string of the molecule is CCOC(=O)C(Cc1ccc(OC2CCCCO2)cc1)=C(C)C. The lowest BCUT2D eigenvalue weighted by Gasteiger charge is -2.23. The van der Waals surface area contributed by atoms with E-state index in [2.05, 4.69) is 0 Å². The van der Waals surface area contributed by atoms with Gasteiger partial charge >= 0.3 is 5.97 Å². The monoisotopic (exact) mass is 318 g/mol. The van der Waals surface area contributed by atoms with Crippen LogP contribution in [-0.2, 0) is 20.7 Å². The standard InChI is InChI=1S/C19H26O4/c1-4-21-19(20)17(14(2)3)13-15-8-10-16(11-9-15)23-18-7-5-6-12-22-18/h8-11,18H,4-7,12-13H2,1-3H3. The Morgan fingerprint density at radius 1 is 1.22 bits per heavy atom. The van der Waals surface area contributed by atoms with Crippen molar-refractivity contribution in [3.8, 4) is 5.75 Å². The number of carbonyl (C=O) groups is 1. The van der Waals surface area contributed by atoms with Crippen LogP contribution in [-0.4, -0.2) is 25.5 Å². The highest BCUT2D eigenvalue weighted by Crippen LogP contribution is 2.21. The Bertz CT molecular complexity index is 535. The molecule has 0 N–H and O–H groups in total. The number of allylic oxidation sites excluding steroid dienone is 1. The smallest absolute Gasteiger partial charge is 0.334 e. The van der Waals surface area contributed by atoms with Crippen LogP contribution < -0.4 is 4.74 Å². The molecule has 1 unspecified atom stereocenters. The van der Waals surface area contributed by atoms with E-state index in [1.807, 2.05) is 45.0 Å². The van der Waals surface area contributed by atoms with Crippen LogP contribution in [0.3, 0.4) is 0 Å². The molecule has 126 valence electrons. The fraction of sp³-hybridized carbons (Fsp3) is 0.526. The summed E-state index contributed by atoms with van der Waals surface area (Å²) in [6.07, 6.45) is 3.63. The second-order valence-electron chi connectivity index (χ2n) is 5.93. The molecule has 1 atom stereocenters. The van der Waals surface area contributed by atoms with Gasteiger partial charge in [-0.25, -0.2) is 4.79 Å². The van der Waals surface area contributed by atoms with Gasteiger partial charge < -0.3 is 14.2 Å². The minimum atomic E-state index is -0.233. The molecule has 1 saturated heterocycles. The third kappa shape index (κ3) is 5.39. The minimum absolute atomic E-state index is 0.137. The van der Waals surface area contributed by atoms with Crippen LogP contribution in [0.5, 0.6) is 5.75 Å². The van der Waals surface area contributed by atoms with E-state index < -0.39 is 0 Å². The molecule has 0 spiro atoms. The summed E-state index contributed by atoms with van der Waals surface area (Å²) in [6, 6.07) is 7.84. The van der Waals surface area contributed by atoms with Crippen molar-refractivity contribution in [2.45, 2.75) is 52.7 Å². The van der Waals surface area contributed by atoms with Gasteiger partial charge in [-0.15, -0.1) is 0 Å². The molecule has 1 fully saturated rings. The molecule has 4 heteroatoms. The van der Waals surface area contributed by atoms with Crippen LogP contribution >= 0.6 is 0 Å². The Morgan fingerprint density at radius 3 is 2.52 bits per heavy atom. The van der Waals surface area contributed by atoms with Crippen LogP contribution in [0.4, 0.5) is 0 Å². The zero-order valence-electron chi connectivity index (χ0n) is 14.3. The van der Waals surface area contributed by atoms with Crippen LogP contribution in [0.25, 0.3) is 0 Å². The summed E-state index contributed by atoms with van der Waals surface area (Å²) in [5.41, 5.74) is 2.77. The van der Waals surface area contributed by atoms with Crippen molar-refractivity contribution in [1.29, 1.82) is 0 Å². The molecule has 0 aromatic heterocycles. The molecule has 23 heavy (non-hydrogen) atoms. The molecule has 0 radical (unpaired) electrons. The van der Waals surface area contributed by atoms with E-state index in [-0.39, 0.29) is 12.3 Å². The zero-order valence-corrected chi connectivity index (χ0v) is 14.3. The predicted molar refractivity (Wildman–Crippen MR) is 89.4 cm³/mol. The van der Waals surface area contributed by atoms with E-state index in [1.165, 1.54) is 0 Å². The Hall–Kier alpha value is -1.81. The first-order valence-electron chi connectivity index (χ1n) is 8.30. The third-order valence-electron chi connectivity index (χ3n) is 3.84. The van der Waals surface area contributed by atoms with E-state index >= 15 is 0 Å². The highest BCUT2D eigenvalue weighted by atomic mass is 16.7. The van der Waals surface area contributed by atoms with E-state index in [9.17, 15) is 4.79 Å². The largest absolute Gasteiger partial charge is 0.465 e. The molecule has 1 aromatic carbocycles. The molecule has 2 rings (SSSR count). The molecule has 0 amide bonds. The number of benzene rings is 1. The molecule has 1 aliphatic heterocycles. The molecule has 1 aliphatic rings. The molecule has 1 aromatic rings. The van der Waals surface area contributed by atoms with Gasteiger partial charge in [-0.05, 0) is 51.3 Å². The first-order chi connectivity index (χ1) is 11.1. The number of carbonyl (C=O) groups excluding carboxylic acids is 1. The van der Waals surface area contributed by atoms with Gasteiger partial charge in [0.25, 0.3) is 0 Å². The molecule has 4 nitrogen and oxygen atoms in total. The van der Waals surface area contributed by atoms with Gasteiger partial charge in [0.15, 0.2) is 6.29 Å². The highest BCUT2D eigenvalue weighted by molar-refractivity contribution is 5.89. The van der Waals surface area contributed by atoms with Crippen molar-refractivity contribution in [2.75, 3.05) is 13.2 Å². The van der Waals surface area contributed by atoms with E-state index in [4.69, 9.17) is 14.2 Å². The Kier molecular flexibility index (Phi) is 6.66. The lowest BCUT2D eigenvalue weighted by molar-refractivity contribution is -0.138. The van der Waals surface area contributed by atoms with E-state index in [1.54, 1.807) is 0 Å². The van der Waals surface area contributed by atoms with Crippen molar-refractivity contribution in [2.24, 2.45) is 0 Å². The second-order valence-corrected chi connectivity index (χ2v) is 5.93. The third-order valence-corrected chi connectivity index (χ3v) is 3.84. The molecule has 0 saturated carbocycles. The predicted octanol–water partition coefficient (Wildman–Crippen LogP) is 4.03. The Balaban J connectivity index is 1.98. The summed E-state index contributed by atoms with van der Waals surface area (Å²) in [5.74, 6) is 0.568. The van der Waals surface area contributed by atoms with Gasteiger partial charge in [-0.1, -0.05) is 17.7 Å². The first-order valence-corrected chi connectivity index (χ1v) is 8.30. The molecule has 0 bridgehead atoms. The molecular weight excluding hydrogens is 292 g/mol. The zero-order chi connectivity index (χ0) is 16.7. The van der Waals surface area contributed by atoms with Crippen LogP contribution in [0.15, 0.2) is 35.4 Å². The number of hydrogen-bond acceptors (Lipinski definition) is 4. The number of hydrogen-bond donors (Lipinski definition) is 0. The van der Waals surface area contributed by atoms with E-state index in [0.29, 0.717) is 13.0 Å². The summed E-state index contributed by atoms with van der Waals surface area (Å²) in [5, 5.41) is 0. The van der Waals surface area contributed by atoms with Crippen molar-refractivity contribution >= 4 is 5.97 Å². The molecule has 0 aliphatic carbocycles. The summed E-state index contributed by atoms with van der Waals surface area (Å²) in [6.45, 7) is 6.85. The average molecular weight is 318 g/mol. The van der Waals surface area contributed by atoms with Gasteiger partial charge in [0.2, 0.25) is 0 Å². The van der Waals surface area contributed by atoms with Crippen molar-refractivity contribution in [1.82, 2.24) is 0 Å².